The van der Waals surface area contributed by atoms with Crippen molar-refractivity contribution in [2.24, 2.45) is 5.84 Å². The maximum atomic E-state index is 10.8. The highest BCUT2D eigenvalue weighted by Crippen LogP contribution is 2.36. The molecule has 0 aromatic rings. The monoisotopic (exact) mass is 218 g/mol. The molecule has 0 fully saturated rings. The van der Waals surface area contributed by atoms with Crippen LogP contribution in [0.5, 0.6) is 0 Å². The van der Waals surface area contributed by atoms with Crippen LogP contribution in [0.15, 0.2) is 0 Å². The van der Waals surface area contributed by atoms with E-state index in [1.807, 2.05) is 0 Å². The summed E-state index contributed by atoms with van der Waals surface area (Å²) in [5, 5.41) is 0.187. The van der Waals surface area contributed by atoms with Crippen LogP contribution in [0.2, 0.25) is 18.1 Å². The van der Waals surface area contributed by atoms with Gasteiger partial charge in [-0.05, 0) is 18.1 Å². The molecule has 0 rings (SSSR count). The topological polar surface area (TPSA) is 64.3 Å². The highest BCUT2D eigenvalue weighted by Gasteiger charge is 2.36. The standard InChI is InChI=1S/C9H22N2O2Si/c1-9(2,3)14(4,5)13-7-6-8(12)11-10/h6-7,10H2,1-5H3,(H,11,12). The summed E-state index contributed by atoms with van der Waals surface area (Å²) in [5.41, 5.74) is 2.09. The molecule has 0 saturated heterocycles. The van der Waals surface area contributed by atoms with E-state index in [0.29, 0.717) is 13.0 Å². The van der Waals surface area contributed by atoms with Crippen molar-refractivity contribution in [3.8, 4) is 0 Å². The summed E-state index contributed by atoms with van der Waals surface area (Å²) in [6, 6.07) is 0. The molecule has 3 N–H and O–H groups in total. The zero-order chi connectivity index (χ0) is 11.4. The van der Waals surface area contributed by atoms with Crippen molar-refractivity contribution in [2.45, 2.75) is 45.3 Å². The lowest BCUT2D eigenvalue weighted by Gasteiger charge is -2.36. The van der Waals surface area contributed by atoms with E-state index in [0.717, 1.165) is 0 Å². The van der Waals surface area contributed by atoms with Gasteiger partial charge in [-0.3, -0.25) is 10.2 Å². The maximum Gasteiger partial charge on any atom is 0.236 e. The van der Waals surface area contributed by atoms with E-state index in [2.05, 4.69) is 39.3 Å². The number of carbonyl (C=O) groups excluding carboxylic acids is 1. The van der Waals surface area contributed by atoms with E-state index < -0.39 is 8.32 Å². The van der Waals surface area contributed by atoms with E-state index in [1.54, 1.807) is 0 Å². The van der Waals surface area contributed by atoms with E-state index >= 15 is 0 Å². The number of carbonyl (C=O) groups is 1. The lowest BCUT2D eigenvalue weighted by molar-refractivity contribution is -0.121. The molecule has 0 heterocycles. The van der Waals surface area contributed by atoms with Crippen LogP contribution in [0.3, 0.4) is 0 Å². The van der Waals surface area contributed by atoms with Crippen molar-refractivity contribution in [3.05, 3.63) is 0 Å². The van der Waals surface area contributed by atoms with Gasteiger partial charge >= 0.3 is 0 Å². The van der Waals surface area contributed by atoms with Crippen LogP contribution in [0, 0.1) is 0 Å². The first-order chi connectivity index (χ1) is 6.20. The summed E-state index contributed by atoms with van der Waals surface area (Å²) in [6.07, 6.45) is 0.336. The van der Waals surface area contributed by atoms with E-state index in [1.165, 1.54) is 0 Å². The molecule has 0 radical (unpaired) electrons. The Hall–Kier alpha value is -0.393. The van der Waals surface area contributed by atoms with E-state index in [4.69, 9.17) is 10.3 Å². The number of nitrogens with two attached hydrogens (primary N) is 1. The van der Waals surface area contributed by atoms with Crippen molar-refractivity contribution in [3.63, 3.8) is 0 Å². The second-order valence-electron chi connectivity index (χ2n) is 4.93. The van der Waals surface area contributed by atoms with Crippen LogP contribution in [0.4, 0.5) is 0 Å². The third kappa shape index (κ3) is 4.21. The van der Waals surface area contributed by atoms with E-state index in [-0.39, 0.29) is 10.9 Å². The van der Waals surface area contributed by atoms with Crippen LogP contribution in [0.1, 0.15) is 27.2 Å². The number of nitrogens with one attached hydrogen (secondary N) is 1. The zero-order valence-corrected chi connectivity index (χ0v) is 10.8. The normalized spacial score (nSPS) is 12.7. The number of hydrogen-bond donors (Lipinski definition) is 2. The average molecular weight is 218 g/mol. The number of rotatable bonds is 4. The van der Waals surface area contributed by atoms with Crippen LogP contribution in [-0.4, -0.2) is 20.8 Å². The molecule has 0 unspecified atom stereocenters. The minimum Gasteiger partial charge on any atom is -0.416 e. The van der Waals surface area contributed by atoms with Gasteiger partial charge in [-0.25, -0.2) is 5.84 Å². The van der Waals surface area contributed by atoms with Crippen LogP contribution >= 0.6 is 0 Å². The van der Waals surface area contributed by atoms with Crippen molar-refractivity contribution in [1.29, 1.82) is 0 Å². The van der Waals surface area contributed by atoms with Crippen LogP contribution < -0.4 is 11.3 Å². The Balaban J connectivity index is 3.95. The molecule has 0 aliphatic carbocycles. The Bertz CT molecular complexity index is 199. The second-order valence-corrected chi connectivity index (χ2v) is 9.74. The van der Waals surface area contributed by atoms with Gasteiger partial charge in [0.1, 0.15) is 0 Å². The first-order valence-electron chi connectivity index (χ1n) is 4.84. The first-order valence-corrected chi connectivity index (χ1v) is 7.75. The molecule has 0 aliphatic heterocycles. The van der Waals surface area contributed by atoms with Gasteiger partial charge in [0.05, 0.1) is 6.42 Å². The summed E-state index contributed by atoms with van der Waals surface area (Å²) in [5.74, 6) is 4.79. The van der Waals surface area contributed by atoms with Gasteiger partial charge in [0.2, 0.25) is 5.91 Å². The number of hydrogen-bond acceptors (Lipinski definition) is 3. The Kier molecular flexibility index (Phi) is 4.77. The molecule has 0 spiro atoms. The van der Waals surface area contributed by atoms with Crippen LogP contribution in [-0.2, 0) is 9.22 Å². The third-order valence-electron chi connectivity index (χ3n) is 2.76. The highest BCUT2D eigenvalue weighted by molar-refractivity contribution is 6.74. The summed E-state index contributed by atoms with van der Waals surface area (Å²) in [4.78, 5) is 10.8. The Morgan fingerprint density at radius 1 is 1.43 bits per heavy atom. The quantitative estimate of drug-likeness (QED) is 0.324. The van der Waals surface area contributed by atoms with Gasteiger partial charge in [0.15, 0.2) is 8.32 Å². The summed E-state index contributed by atoms with van der Waals surface area (Å²) in [7, 11) is -1.71. The van der Waals surface area contributed by atoms with E-state index in [9.17, 15) is 4.79 Å². The van der Waals surface area contributed by atoms with Gasteiger partial charge in [0.25, 0.3) is 0 Å². The summed E-state index contributed by atoms with van der Waals surface area (Å²) in [6.45, 7) is 11.3. The molecule has 0 saturated carbocycles. The molecular weight excluding hydrogens is 196 g/mol. The predicted molar refractivity (Wildman–Crippen MR) is 60.1 cm³/mol. The van der Waals surface area contributed by atoms with Gasteiger partial charge in [-0.15, -0.1) is 0 Å². The second kappa shape index (κ2) is 4.91. The SMILES string of the molecule is CC(C)(C)[Si](C)(C)OCCC(=O)NN. The fraction of sp³-hybridized carbons (Fsp3) is 0.889. The maximum absolute atomic E-state index is 10.8. The summed E-state index contributed by atoms with van der Waals surface area (Å²) >= 11 is 0. The highest BCUT2D eigenvalue weighted by atomic mass is 28.4. The van der Waals surface area contributed by atoms with Gasteiger partial charge in [-0.2, -0.15) is 0 Å². The number of hydrazine groups is 1. The fourth-order valence-corrected chi connectivity index (χ4v) is 1.73. The number of amides is 1. The average Bonchev–Trinajstić information content (AvgIpc) is 2.01. The van der Waals surface area contributed by atoms with Crippen LogP contribution in [0.25, 0.3) is 0 Å². The minimum atomic E-state index is -1.71. The Morgan fingerprint density at radius 2 is 1.93 bits per heavy atom. The molecule has 5 heteroatoms. The lowest BCUT2D eigenvalue weighted by Crippen LogP contribution is -2.42. The van der Waals surface area contributed by atoms with Crippen molar-refractivity contribution >= 4 is 14.2 Å². The van der Waals surface area contributed by atoms with Crippen molar-refractivity contribution in [1.82, 2.24) is 5.43 Å². The third-order valence-corrected chi connectivity index (χ3v) is 7.30. The molecular formula is C9H22N2O2Si. The van der Waals surface area contributed by atoms with Crippen molar-refractivity contribution < 1.29 is 9.22 Å². The zero-order valence-electron chi connectivity index (χ0n) is 9.81. The molecule has 0 bridgehead atoms. The van der Waals surface area contributed by atoms with Gasteiger partial charge < -0.3 is 4.43 Å². The largest absolute Gasteiger partial charge is 0.416 e. The van der Waals surface area contributed by atoms with Crippen molar-refractivity contribution in [2.75, 3.05) is 6.61 Å². The molecule has 14 heavy (non-hydrogen) atoms. The predicted octanol–water partition coefficient (Wildman–Crippen LogP) is 1.39. The molecule has 0 atom stereocenters. The fourth-order valence-electron chi connectivity index (χ4n) is 0.688. The van der Waals surface area contributed by atoms with Gasteiger partial charge in [0, 0.05) is 6.61 Å². The van der Waals surface area contributed by atoms with Gasteiger partial charge in [-0.1, -0.05) is 20.8 Å². The Labute approximate surface area is 87.3 Å². The smallest absolute Gasteiger partial charge is 0.236 e. The molecule has 4 nitrogen and oxygen atoms in total. The molecule has 84 valence electrons. The molecule has 0 aliphatic rings. The minimum absolute atomic E-state index is 0.177. The molecule has 1 amide bonds. The Morgan fingerprint density at radius 3 is 2.29 bits per heavy atom. The summed E-state index contributed by atoms with van der Waals surface area (Å²) < 4.78 is 5.79. The molecule has 0 aromatic carbocycles. The molecule has 0 aromatic heterocycles. The first kappa shape index (κ1) is 13.6. The lowest BCUT2D eigenvalue weighted by atomic mass is 10.2.